The summed E-state index contributed by atoms with van der Waals surface area (Å²) in [4.78, 5) is 36.2. The smallest absolute Gasteiger partial charge is 0.394 e. The van der Waals surface area contributed by atoms with Crippen molar-refractivity contribution in [1.29, 1.82) is 0 Å². The molecule has 82 heavy (non-hydrogen) atoms. The quantitative estimate of drug-likeness (QED) is 0.0870. The topological polar surface area (TPSA) is 222 Å². The molecule has 2 aliphatic heterocycles. The molecular formula is C53H74F7N10O8S4-. The number of anilines is 1. The number of hydrogen-bond donors (Lipinski definition) is 3. The van der Waals surface area contributed by atoms with Crippen molar-refractivity contribution in [2.24, 2.45) is 22.7 Å². The summed E-state index contributed by atoms with van der Waals surface area (Å²) in [5.74, 6) is 0.885. The summed E-state index contributed by atoms with van der Waals surface area (Å²) in [7, 11) is -7.82. The fourth-order valence-electron chi connectivity index (χ4n) is 9.73. The summed E-state index contributed by atoms with van der Waals surface area (Å²) in [6.07, 6.45) is -2.09. The molecule has 4 aliphatic rings. The van der Waals surface area contributed by atoms with Crippen molar-refractivity contribution >= 4 is 64.7 Å². The average Bonchev–Trinajstić information content (AvgIpc) is 4.27. The van der Waals surface area contributed by atoms with Gasteiger partial charge in [0.25, 0.3) is 21.8 Å². The van der Waals surface area contributed by atoms with Crippen LogP contribution in [0.5, 0.6) is 11.8 Å². The van der Waals surface area contributed by atoms with E-state index in [-0.39, 0.29) is 130 Å². The summed E-state index contributed by atoms with van der Waals surface area (Å²) in [5.41, 5.74) is -2.77. The Hall–Kier alpha value is -5.65. The second kappa shape index (κ2) is 26.9. The molecule has 0 bridgehead atoms. The first-order chi connectivity index (χ1) is 36.2. The van der Waals surface area contributed by atoms with Crippen LogP contribution in [-0.4, -0.2) is 114 Å². The van der Waals surface area contributed by atoms with Crippen LogP contribution in [0.25, 0.3) is 11.6 Å². The van der Waals surface area contributed by atoms with Gasteiger partial charge in [0.2, 0.25) is 21.8 Å². The Bertz CT molecular complexity index is 3190. The number of halogens is 7. The molecule has 0 radical (unpaired) electrons. The number of aromatic nitrogens is 6. The van der Waals surface area contributed by atoms with Crippen LogP contribution in [0, 0.1) is 29.6 Å². The molecule has 2 aliphatic carbocycles. The zero-order valence-corrected chi connectivity index (χ0v) is 49.6. The summed E-state index contributed by atoms with van der Waals surface area (Å²) in [6.45, 7) is 16.1. The lowest BCUT2D eigenvalue weighted by Crippen LogP contribution is -3.00. The third kappa shape index (κ3) is 17.7. The molecule has 5 aromatic rings. The largest absolute Gasteiger partial charge is 1.00 e. The second-order valence-corrected chi connectivity index (χ2v) is 25.5. The predicted molar refractivity (Wildman–Crippen MR) is 305 cm³/mol. The van der Waals surface area contributed by atoms with Crippen LogP contribution in [0.3, 0.4) is 0 Å². The standard InChI is InChI=1S/C23H30F3N5O4S.C22H21F3N4O4S.C7H15N.CH4.FH.2H2S/c1-15-13-21(2,3)30(14-15)19-16(20(32)29-36(4,33)34)5-6-17(27-19)31-11-7-18(28-31)35-12-10-22(8-9-22)23(24,25)26;1-15-17(20(30)28-34(31,32)16-5-3-2-4-6-16)7-8-18(26-15)29-13-9-19(27-29)33-14-12-21(10-11-21)22(23,24)25;1-6-4-7(2,3)8-5-6;;;;/h5-7,11,15H,8-10,12-14H2,1-4H3,(H,29,32);2-9,13H,10-12,14H2,1H3,(H,28,30);6,8H,4-5H2,1-3H3;1H4;1H;2*1H2/p-1/t15-;;6-;;;;/m0.0..../s1. The highest BCUT2D eigenvalue weighted by Gasteiger charge is 2.63. The van der Waals surface area contributed by atoms with Gasteiger partial charge in [-0.05, 0) is 141 Å². The van der Waals surface area contributed by atoms with Gasteiger partial charge in [0.1, 0.15) is 5.82 Å². The van der Waals surface area contributed by atoms with Crippen LogP contribution in [0.1, 0.15) is 127 Å². The monoisotopic (exact) mass is 1240 g/mol. The van der Waals surface area contributed by atoms with Gasteiger partial charge in [0, 0.05) is 42.1 Å². The molecule has 9 rings (SSSR count). The van der Waals surface area contributed by atoms with E-state index in [4.69, 9.17) is 9.47 Å². The first-order valence-corrected chi connectivity index (χ1v) is 28.8. The molecule has 2 atom stereocenters. The van der Waals surface area contributed by atoms with E-state index in [1.54, 1.807) is 31.3 Å². The zero-order chi connectivity index (χ0) is 57.3. The Labute approximate surface area is 488 Å². The Kier molecular flexibility index (Phi) is 23.2. The molecule has 2 saturated heterocycles. The summed E-state index contributed by atoms with van der Waals surface area (Å²) in [5, 5.41) is 11.9. The van der Waals surface area contributed by atoms with Crippen molar-refractivity contribution in [3.05, 3.63) is 95.9 Å². The molecule has 0 spiro atoms. The van der Waals surface area contributed by atoms with Gasteiger partial charge in [0.15, 0.2) is 11.6 Å². The maximum atomic E-state index is 13.1. The van der Waals surface area contributed by atoms with E-state index < -0.39 is 55.0 Å². The van der Waals surface area contributed by atoms with E-state index in [9.17, 15) is 52.8 Å². The van der Waals surface area contributed by atoms with E-state index in [2.05, 4.69) is 53.2 Å². The van der Waals surface area contributed by atoms with E-state index in [0.717, 1.165) is 18.6 Å². The Morgan fingerprint density at radius 3 is 1.56 bits per heavy atom. The fraction of sp³-hybridized carbons (Fsp3) is 0.547. The van der Waals surface area contributed by atoms with Crippen molar-refractivity contribution in [1.82, 2.24) is 44.3 Å². The Morgan fingerprint density at radius 1 is 0.695 bits per heavy atom. The lowest BCUT2D eigenvalue weighted by Gasteiger charge is -2.33. The van der Waals surface area contributed by atoms with Gasteiger partial charge in [-0.1, -0.05) is 39.5 Å². The van der Waals surface area contributed by atoms with E-state index >= 15 is 0 Å². The number of rotatable bonds is 16. The fourth-order valence-corrected chi connectivity index (χ4v) is 11.2. The van der Waals surface area contributed by atoms with Gasteiger partial charge in [-0.15, -0.1) is 10.2 Å². The molecule has 4 aromatic heterocycles. The van der Waals surface area contributed by atoms with Gasteiger partial charge >= 0.3 is 12.4 Å². The van der Waals surface area contributed by atoms with Crippen molar-refractivity contribution < 1.29 is 66.9 Å². The number of sulfonamides is 2. The van der Waals surface area contributed by atoms with E-state index in [1.165, 1.54) is 77.1 Å². The third-order valence-corrected chi connectivity index (χ3v) is 16.2. The molecular weight excluding hydrogens is 1170 g/mol. The number of ether oxygens (including phenoxy) is 2. The number of nitrogens with zero attached hydrogens (tertiary/aromatic N) is 7. The number of carbonyl (C=O) groups excluding carboxylic acids is 2. The lowest BCUT2D eigenvalue weighted by atomic mass is 9.97. The molecule has 3 N–H and O–H groups in total. The highest BCUT2D eigenvalue weighted by atomic mass is 32.2. The molecule has 29 heteroatoms. The molecule has 1 aromatic carbocycles. The van der Waals surface area contributed by atoms with Gasteiger partial charge < -0.3 is 24.4 Å². The average molecular weight is 1240 g/mol. The minimum atomic E-state index is -4.23. The number of hydrogen-bond acceptors (Lipinski definition) is 14. The second-order valence-electron chi connectivity index (χ2n) is 22.1. The first-order valence-electron chi connectivity index (χ1n) is 25.4. The first kappa shape index (κ1) is 70.6. The maximum absolute atomic E-state index is 13.1. The molecule has 2 saturated carbocycles. The molecule has 2 amide bonds. The van der Waals surface area contributed by atoms with Crippen LogP contribution >= 0.6 is 27.0 Å². The molecule has 18 nitrogen and oxygen atoms in total. The van der Waals surface area contributed by atoms with Gasteiger partial charge in [-0.3, -0.25) is 9.59 Å². The molecule has 458 valence electrons. The molecule has 0 unspecified atom stereocenters. The van der Waals surface area contributed by atoms with Crippen molar-refractivity contribution in [2.75, 3.05) is 37.5 Å². The number of alkyl halides is 6. The number of nitrogens with one attached hydrogen (secondary N) is 3. The van der Waals surface area contributed by atoms with E-state index in [1.807, 2.05) is 28.2 Å². The number of benzene rings is 1. The van der Waals surface area contributed by atoms with Crippen molar-refractivity contribution in [3.8, 4) is 23.4 Å². The minimum Gasteiger partial charge on any atom is -1.00 e. The lowest BCUT2D eigenvalue weighted by molar-refractivity contribution is -0.190. The Morgan fingerprint density at radius 2 is 1.17 bits per heavy atom. The van der Waals surface area contributed by atoms with Crippen molar-refractivity contribution in [3.63, 3.8) is 0 Å². The minimum absolute atomic E-state index is 0. The van der Waals surface area contributed by atoms with Gasteiger partial charge in [-0.2, -0.15) is 53.3 Å². The van der Waals surface area contributed by atoms with E-state index in [0.29, 0.717) is 35.5 Å². The zero-order valence-electron chi connectivity index (χ0n) is 46.0. The number of amides is 2. The van der Waals surface area contributed by atoms with Crippen LogP contribution < -0.4 is 33.8 Å². The highest BCUT2D eigenvalue weighted by Crippen LogP contribution is 2.60. The van der Waals surface area contributed by atoms with Crippen LogP contribution in [0.2, 0.25) is 0 Å². The number of carbonyl (C=O) groups is 2. The molecule has 6 heterocycles. The normalized spacial score (nSPS) is 18.9. The summed E-state index contributed by atoms with van der Waals surface area (Å²) < 4.78 is 144. The highest BCUT2D eigenvalue weighted by molar-refractivity contribution is 7.90. The SMILES string of the molecule is C.C[C@@H]1CN(c2nc(-n3ccc(OCCC4(C(F)(F)F)CC4)n3)ccc2C(=O)NS(C)(=O)=O)C(C)(C)C1.C[C@@H]1CNC(C)(C)C1.Cc1nc(-n2ccc(OCCC3(C(F)(F)F)CC3)n2)ccc1C(=O)NS(=O)(=O)c1ccccc1.S.S.[F-]. The van der Waals surface area contributed by atoms with Crippen LogP contribution in [-0.2, 0) is 20.0 Å². The Balaban J connectivity index is 0.000000363. The summed E-state index contributed by atoms with van der Waals surface area (Å²) >= 11 is 0. The third-order valence-electron chi connectivity index (χ3n) is 14.3. The van der Waals surface area contributed by atoms with Crippen molar-refractivity contribution in [2.45, 2.75) is 136 Å². The van der Waals surface area contributed by atoms with Gasteiger partial charge in [0.05, 0.1) is 52.0 Å². The van der Waals surface area contributed by atoms with Crippen LogP contribution in [0.15, 0.2) is 84.0 Å². The number of pyridine rings is 2. The molecule has 4 fully saturated rings. The van der Waals surface area contributed by atoms with Crippen LogP contribution in [0.4, 0.5) is 32.2 Å². The summed E-state index contributed by atoms with van der Waals surface area (Å²) in [6, 6.07) is 16.4. The van der Waals surface area contributed by atoms with Gasteiger partial charge in [-0.25, -0.2) is 45.6 Å². The maximum Gasteiger partial charge on any atom is 0.394 e. The number of aryl methyl sites for hydroxylation is 1. The predicted octanol–water partition coefficient (Wildman–Crippen LogP) is 6.76.